The Labute approximate surface area is 152 Å². The van der Waals surface area contributed by atoms with Crippen molar-refractivity contribution < 1.29 is 13.2 Å². The summed E-state index contributed by atoms with van der Waals surface area (Å²) < 4.78 is 26.7. The Morgan fingerprint density at radius 1 is 1.20 bits per heavy atom. The monoisotopic (exact) mass is 382 g/mol. The molecule has 0 aliphatic rings. The minimum absolute atomic E-state index is 0.0134. The molecular weight excluding hydrogens is 364 g/mol. The molecule has 0 bridgehead atoms. The van der Waals surface area contributed by atoms with Crippen LogP contribution in [0, 0.1) is 0 Å². The van der Waals surface area contributed by atoms with Crippen LogP contribution in [0.4, 0.5) is 11.5 Å². The molecule has 1 amide bonds. The Morgan fingerprint density at radius 2 is 1.92 bits per heavy atom. The number of nitrogens with zero attached hydrogens (tertiary/aromatic N) is 2. The van der Waals surface area contributed by atoms with Gasteiger partial charge in [-0.15, -0.1) is 0 Å². The number of halogens is 1. The second-order valence-electron chi connectivity index (χ2n) is 5.43. The number of hydrogen-bond donors (Lipinski definition) is 2. The van der Waals surface area contributed by atoms with Gasteiger partial charge in [0.05, 0.1) is 16.9 Å². The van der Waals surface area contributed by atoms with Crippen LogP contribution in [0.5, 0.6) is 0 Å². The second-order valence-corrected chi connectivity index (χ2v) is 7.57. The van der Waals surface area contributed by atoms with Gasteiger partial charge >= 0.3 is 0 Å². The zero-order chi connectivity index (χ0) is 18.4. The van der Waals surface area contributed by atoms with Crippen LogP contribution >= 0.6 is 11.6 Å². The molecule has 0 unspecified atom stereocenters. The highest BCUT2D eigenvalue weighted by molar-refractivity contribution is 7.89. The smallest absolute Gasteiger partial charge is 0.242 e. The van der Waals surface area contributed by atoms with Crippen molar-refractivity contribution in [2.75, 3.05) is 30.9 Å². The topological polar surface area (TPSA) is 91.4 Å². The van der Waals surface area contributed by atoms with Crippen molar-refractivity contribution in [3.05, 3.63) is 47.6 Å². The van der Waals surface area contributed by atoms with Crippen LogP contribution < -0.4 is 14.9 Å². The second kappa shape index (κ2) is 8.28. The van der Waals surface area contributed by atoms with Gasteiger partial charge in [-0.2, -0.15) is 0 Å². The van der Waals surface area contributed by atoms with Crippen LogP contribution in [0.3, 0.4) is 0 Å². The standard InChI is InChI=1S/C16H19ClN4O3S/c1-21(2)15-8-7-12(11-18-15)20-16(22)9-10-19-25(23,24)14-6-4-3-5-13(14)17/h3-8,11,19H,9-10H2,1-2H3,(H,20,22). The summed E-state index contributed by atoms with van der Waals surface area (Å²) in [6.45, 7) is -0.0391. The van der Waals surface area contributed by atoms with Gasteiger partial charge in [-0.05, 0) is 24.3 Å². The Balaban J connectivity index is 1.87. The lowest BCUT2D eigenvalue weighted by molar-refractivity contribution is -0.116. The maximum atomic E-state index is 12.2. The van der Waals surface area contributed by atoms with Gasteiger partial charge in [-0.3, -0.25) is 4.79 Å². The zero-order valence-corrected chi connectivity index (χ0v) is 15.4. The fraction of sp³-hybridized carbons (Fsp3) is 0.250. The number of anilines is 2. The Kier molecular flexibility index (Phi) is 6.35. The highest BCUT2D eigenvalue weighted by Gasteiger charge is 2.17. The number of sulfonamides is 1. The average Bonchev–Trinajstić information content (AvgIpc) is 2.55. The number of benzene rings is 1. The number of aromatic nitrogens is 1. The SMILES string of the molecule is CN(C)c1ccc(NC(=O)CCNS(=O)(=O)c2ccccc2Cl)cn1. The molecule has 2 aromatic rings. The molecule has 2 N–H and O–H groups in total. The first kappa shape index (κ1) is 19.2. The molecule has 0 aliphatic carbocycles. The van der Waals surface area contributed by atoms with E-state index in [1.807, 2.05) is 19.0 Å². The maximum Gasteiger partial charge on any atom is 0.242 e. The van der Waals surface area contributed by atoms with E-state index in [0.29, 0.717) is 5.69 Å². The first-order valence-corrected chi connectivity index (χ1v) is 9.33. The van der Waals surface area contributed by atoms with E-state index in [9.17, 15) is 13.2 Å². The summed E-state index contributed by atoms with van der Waals surface area (Å²) in [5.41, 5.74) is 0.546. The van der Waals surface area contributed by atoms with E-state index in [0.717, 1.165) is 5.82 Å². The molecule has 1 heterocycles. The molecule has 2 rings (SSSR count). The summed E-state index contributed by atoms with van der Waals surface area (Å²) in [6.07, 6.45) is 1.53. The molecule has 1 aromatic heterocycles. The lowest BCUT2D eigenvalue weighted by Crippen LogP contribution is -2.28. The number of amides is 1. The van der Waals surface area contributed by atoms with E-state index < -0.39 is 10.0 Å². The summed E-state index contributed by atoms with van der Waals surface area (Å²) in [5.74, 6) is 0.451. The molecule has 0 saturated carbocycles. The molecule has 9 heteroatoms. The Hall–Kier alpha value is -2.16. The van der Waals surface area contributed by atoms with Gasteiger partial charge in [0.25, 0.3) is 0 Å². The molecular formula is C16H19ClN4O3S. The molecule has 0 atom stereocenters. The Morgan fingerprint density at radius 3 is 2.52 bits per heavy atom. The number of rotatable bonds is 7. The number of pyridine rings is 1. The molecule has 1 aromatic carbocycles. The number of hydrogen-bond acceptors (Lipinski definition) is 5. The van der Waals surface area contributed by atoms with E-state index in [1.54, 1.807) is 30.5 Å². The first-order chi connectivity index (χ1) is 11.8. The predicted octanol–water partition coefficient (Wildman–Crippen LogP) is 2.11. The number of carbonyl (C=O) groups is 1. The van der Waals surface area contributed by atoms with Crippen LogP contribution in [0.1, 0.15) is 6.42 Å². The van der Waals surface area contributed by atoms with E-state index >= 15 is 0 Å². The first-order valence-electron chi connectivity index (χ1n) is 7.47. The highest BCUT2D eigenvalue weighted by atomic mass is 35.5. The lowest BCUT2D eigenvalue weighted by atomic mass is 10.3. The third-order valence-electron chi connectivity index (χ3n) is 3.26. The molecule has 0 spiro atoms. The third-order valence-corrected chi connectivity index (χ3v) is 5.22. The van der Waals surface area contributed by atoms with Crippen LogP contribution in [-0.2, 0) is 14.8 Å². The van der Waals surface area contributed by atoms with Crippen molar-refractivity contribution in [1.29, 1.82) is 0 Å². The van der Waals surface area contributed by atoms with Gasteiger partial charge in [0.1, 0.15) is 10.7 Å². The van der Waals surface area contributed by atoms with E-state index in [4.69, 9.17) is 11.6 Å². The fourth-order valence-electron chi connectivity index (χ4n) is 1.99. The van der Waals surface area contributed by atoms with Gasteiger partial charge in [-0.1, -0.05) is 23.7 Å². The summed E-state index contributed by atoms with van der Waals surface area (Å²) in [4.78, 5) is 17.9. The molecule has 7 nitrogen and oxygen atoms in total. The molecule has 0 aliphatic heterocycles. The van der Waals surface area contributed by atoms with Gasteiger partial charge in [-0.25, -0.2) is 18.1 Å². The van der Waals surface area contributed by atoms with E-state index in [-0.39, 0.29) is 28.8 Å². The van der Waals surface area contributed by atoms with Crippen molar-refractivity contribution in [3.63, 3.8) is 0 Å². The minimum atomic E-state index is -3.75. The van der Waals surface area contributed by atoms with E-state index in [2.05, 4.69) is 15.0 Å². The van der Waals surface area contributed by atoms with Crippen LogP contribution in [0.25, 0.3) is 0 Å². The molecule has 0 fully saturated rings. The molecule has 0 radical (unpaired) electrons. The number of carbonyl (C=O) groups excluding carboxylic acids is 1. The quantitative estimate of drug-likeness (QED) is 0.765. The van der Waals surface area contributed by atoms with Crippen molar-refractivity contribution in [2.45, 2.75) is 11.3 Å². The normalized spacial score (nSPS) is 11.2. The third kappa shape index (κ3) is 5.42. The van der Waals surface area contributed by atoms with E-state index in [1.165, 1.54) is 12.1 Å². The van der Waals surface area contributed by atoms with Crippen molar-refractivity contribution in [1.82, 2.24) is 9.71 Å². The van der Waals surface area contributed by atoms with Crippen LogP contribution in [0.2, 0.25) is 5.02 Å². The Bertz CT molecular complexity index is 839. The van der Waals surface area contributed by atoms with Crippen molar-refractivity contribution in [2.24, 2.45) is 0 Å². The molecule has 25 heavy (non-hydrogen) atoms. The largest absolute Gasteiger partial charge is 0.363 e. The average molecular weight is 383 g/mol. The maximum absolute atomic E-state index is 12.2. The molecule has 134 valence electrons. The summed E-state index contributed by atoms with van der Waals surface area (Å²) in [7, 11) is -0.0209. The van der Waals surface area contributed by atoms with Crippen molar-refractivity contribution >= 4 is 39.0 Å². The summed E-state index contributed by atoms with van der Waals surface area (Å²) >= 11 is 5.88. The van der Waals surface area contributed by atoms with Gasteiger partial charge < -0.3 is 10.2 Å². The molecule has 0 saturated heterocycles. The predicted molar refractivity (Wildman–Crippen MR) is 98.5 cm³/mol. The fourth-order valence-corrected chi connectivity index (χ4v) is 3.54. The zero-order valence-electron chi connectivity index (χ0n) is 13.9. The highest BCUT2D eigenvalue weighted by Crippen LogP contribution is 2.20. The van der Waals surface area contributed by atoms with Crippen LogP contribution in [-0.4, -0.2) is 39.9 Å². The van der Waals surface area contributed by atoms with Crippen molar-refractivity contribution in [3.8, 4) is 0 Å². The lowest BCUT2D eigenvalue weighted by Gasteiger charge is -2.12. The van der Waals surface area contributed by atoms with Gasteiger partial charge in [0.2, 0.25) is 15.9 Å². The van der Waals surface area contributed by atoms with Crippen LogP contribution in [0.15, 0.2) is 47.5 Å². The minimum Gasteiger partial charge on any atom is -0.363 e. The van der Waals surface area contributed by atoms with Gasteiger partial charge in [0.15, 0.2) is 0 Å². The summed E-state index contributed by atoms with van der Waals surface area (Å²) in [6, 6.07) is 9.63. The number of nitrogens with one attached hydrogen (secondary N) is 2. The summed E-state index contributed by atoms with van der Waals surface area (Å²) in [5, 5.41) is 2.80. The van der Waals surface area contributed by atoms with Gasteiger partial charge in [0, 0.05) is 27.1 Å².